The molecule has 6 nitrogen and oxygen atoms in total. The van der Waals surface area contributed by atoms with Crippen LogP contribution in [0.2, 0.25) is 0 Å². The Balaban J connectivity index is 2.00. The normalized spacial score (nSPS) is 20.9. The van der Waals surface area contributed by atoms with Crippen LogP contribution in [0.1, 0.15) is 25.0 Å². The molecule has 1 unspecified atom stereocenters. The van der Waals surface area contributed by atoms with Gasteiger partial charge in [-0.15, -0.1) is 0 Å². The van der Waals surface area contributed by atoms with E-state index < -0.39 is 10.0 Å². The summed E-state index contributed by atoms with van der Waals surface area (Å²) < 4.78 is 28.2. The summed E-state index contributed by atoms with van der Waals surface area (Å²) >= 11 is 0. The van der Waals surface area contributed by atoms with E-state index in [2.05, 4.69) is 15.1 Å². The smallest absolute Gasteiger partial charge is 0.235 e. The molecule has 1 aliphatic rings. The van der Waals surface area contributed by atoms with Crippen LogP contribution in [0.15, 0.2) is 6.07 Å². The molecule has 1 aromatic rings. The molecule has 2 N–H and O–H groups in total. The maximum absolute atomic E-state index is 12.0. The predicted octanol–water partition coefficient (Wildman–Crippen LogP) is 0.612. The molecule has 1 atom stereocenters. The number of aromatic nitrogens is 2. The molecule has 102 valence electrons. The standard InChI is InChI=1S/C11H20N4O2S/c1-9-7-11(15(2)13-9)14-18(16,17)8-10-5-3-4-6-12-10/h7,10,12,14H,3-6,8H2,1-2H3. The fourth-order valence-electron chi connectivity index (χ4n) is 2.24. The van der Waals surface area contributed by atoms with Crippen LogP contribution in [-0.4, -0.2) is 36.5 Å². The minimum atomic E-state index is -3.32. The molecule has 2 rings (SSSR count). The number of sulfonamides is 1. The highest BCUT2D eigenvalue weighted by Gasteiger charge is 2.21. The summed E-state index contributed by atoms with van der Waals surface area (Å²) in [4.78, 5) is 0. The maximum atomic E-state index is 12.0. The van der Waals surface area contributed by atoms with Crippen LogP contribution in [0.5, 0.6) is 0 Å². The molecule has 0 radical (unpaired) electrons. The van der Waals surface area contributed by atoms with Crippen molar-refractivity contribution in [2.75, 3.05) is 17.0 Å². The van der Waals surface area contributed by atoms with Gasteiger partial charge in [-0.1, -0.05) is 6.42 Å². The van der Waals surface area contributed by atoms with Gasteiger partial charge in [0.2, 0.25) is 10.0 Å². The molecule has 0 amide bonds. The molecule has 0 saturated carbocycles. The Kier molecular flexibility index (Phi) is 3.91. The van der Waals surface area contributed by atoms with Crippen LogP contribution in [0.3, 0.4) is 0 Å². The van der Waals surface area contributed by atoms with Crippen molar-refractivity contribution >= 4 is 15.8 Å². The second-order valence-corrected chi connectivity index (χ2v) is 6.59. The van der Waals surface area contributed by atoms with E-state index in [1.54, 1.807) is 17.8 Å². The van der Waals surface area contributed by atoms with Gasteiger partial charge in [0, 0.05) is 19.2 Å². The lowest BCUT2D eigenvalue weighted by molar-refractivity contribution is 0.424. The van der Waals surface area contributed by atoms with Gasteiger partial charge in [-0.05, 0) is 26.3 Å². The van der Waals surface area contributed by atoms with Gasteiger partial charge in [0.05, 0.1) is 11.4 Å². The molecule has 0 aliphatic carbocycles. The van der Waals surface area contributed by atoms with Crippen LogP contribution < -0.4 is 10.0 Å². The fourth-order valence-corrected chi connectivity index (χ4v) is 3.65. The fraction of sp³-hybridized carbons (Fsp3) is 0.727. The van der Waals surface area contributed by atoms with E-state index in [1.165, 1.54) is 0 Å². The van der Waals surface area contributed by atoms with Crippen LogP contribution >= 0.6 is 0 Å². The second-order valence-electron chi connectivity index (χ2n) is 4.82. The first-order chi connectivity index (χ1) is 8.46. The molecule has 0 bridgehead atoms. The average Bonchev–Trinajstić information content (AvgIpc) is 2.57. The monoisotopic (exact) mass is 272 g/mol. The Morgan fingerprint density at radius 1 is 1.56 bits per heavy atom. The van der Waals surface area contributed by atoms with Crippen molar-refractivity contribution in [3.63, 3.8) is 0 Å². The van der Waals surface area contributed by atoms with Gasteiger partial charge in [-0.2, -0.15) is 5.10 Å². The molecule has 7 heteroatoms. The molecule has 1 fully saturated rings. The first-order valence-electron chi connectivity index (χ1n) is 6.21. The summed E-state index contributed by atoms with van der Waals surface area (Å²) in [5, 5.41) is 7.36. The third kappa shape index (κ3) is 3.46. The largest absolute Gasteiger partial charge is 0.313 e. The SMILES string of the molecule is Cc1cc(NS(=O)(=O)CC2CCCCN2)n(C)n1. The van der Waals surface area contributed by atoms with Crippen molar-refractivity contribution in [3.8, 4) is 0 Å². The zero-order chi connectivity index (χ0) is 13.2. The lowest BCUT2D eigenvalue weighted by Crippen LogP contribution is -2.40. The zero-order valence-corrected chi connectivity index (χ0v) is 11.6. The minimum absolute atomic E-state index is 0.0607. The molecular weight excluding hydrogens is 252 g/mol. The quantitative estimate of drug-likeness (QED) is 0.842. The van der Waals surface area contributed by atoms with Crippen LogP contribution in [0, 0.1) is 6.92 Å². The summed E-state index contributed by atoms with van der Waals surface area (Å²) in [6.45, 7) is 2.74. The number of anilines is 1. The van der Waals surface area contributed by atoms with E-state index >= 15 is 0 Å². The van der Waals surface area contributed by atoms with Crippen LogP contribution in [-0.2, 0) is 17.1 Å². The van der Waals surface area contributed by atoms with Crippen molar-refractivity contribution < 1.29 is 8.42 Å². The molecule has 1 aromatic heterocycles. The van der Waals surface area contributed by atoms with Crippen molar-refractivity contribution in [2.45, 2.75) is 32.2 Å². The third-order valence-electron chi connectivity index (χ3n) is 3.10. The van der Waals surface area contributed by atoms with Gasteiger partial charge < -0.3 is 5.32 Å². The molecule has 18 heavy (non-hydrogen) atoms. The van der Waals surface area contributed by atoms with E-state index in [1.807, 2.05) is 6.92 Å². The molecule has 0 aromatic carbocycles. The number of nitrogens with one attached hydrogen (secondary N) is 2. The number of piperidine rings is 1. The van der Waals surface area contributed by atoms with Gasteiger partial charge in [-0.25, -0.2) is 8.42 Å². The Labute approximate surface area is 108 Å². The Bertz CT molecular complexity index is 503. The molecular formula is C11H20N4O2S. The average molecular weight is 272 g/mol. The summed E-state index contributed by atoms with van der Waals surface area (Å²) in [6.07, 6.45) is 3.15. The van der Waals surface area contributed by atoms with Gasteiger partial charge in [-0.3, -0.25) is 9.40 Å². The maximum Gasteiger partial charge on any atom is 0.235 e. The van der Waals surface area contributed by atoms with Gasteiger partial charge >= 0.3 is 0 Å². The zero-order valence-electron chi connectivity index (χ0n) is 10.8. The van der Waals surface area contributed by atoms with Crippen molar-refractivity contribution in [1.82, 2.24) is 15.1 Å². The summed E-state index contributed by atoms with van der Waals surface area (Å²) in [7, 11) is -1.59. The molecule has 0 spiro atoms. The van der Waals surface area contributed by atoms with E-state index in [-0.39, 0.29) is 11.8 Å². The highest BCUT2D eigenvalue weighted by Crippen LogP contribution is 2.13. The third-order valence-corrected chi connectivity index (χ3v) is 4.46. The van der Waals surface area contributed by atoms with Gasteiger partial charge in [0.25, 0.3) is 0 Å². The second kappa shape index (κ2) is 5.27. The van der Waals surface area contributed by atoms with E-state index in [9.17, 15) is 8.42 Å². The molecule has 1 aliphatic heterocycles. The first kappa shape index (κ1) is 13.4. The number of hydrogen-bond donors (Lipinski definition) is 2. The highest BCUT2D eigenvalue weighted by molar-refractivity contribution is 7.92. The number of aryl methyl sites for hydroxylation is 2. The van der Waals surface area contributed by atoms with Gasteiger partial charge in [0.15, 0.2) is 0 Å². The van der Waals surface area contributed by atoms with Crippen LogP contribution in [0.25, 0.3) is 0 Å². The molecule has 1 saturated heterocycles. The Morgan fingerprint density at radius 3 is 2.89 bits per heavy atom. The van der Waals surface area contributed by atoms with Crippen LogP contribution in [0.4, 0.5) is 5.82 Å². The number of rotatable bonds is 4. The lowest BCUT2D eigenvalue weighted by Gasteiger charge is -2.23. The van der Waals surface area contributed by atoms with E-state index in [0.29, 0.717) is 5.82 Å². The summed E-state index contributed by atoms with van der Waals surface area (Å²) in [6, 6.07) is 1.79. The van der Waals surface area contributed by atoms with E-state index in [4.69, 9.17) is 0 Å². The Morgan fingerprint density at radius 2 is 2.33 bits per heavy atom. The summed E-state index contributed by atoms with van der Waals surface area (Å²) in [5.74, 6) is 0.639. The molecule has 2 heterocycles. The van der Waals surface area contributed by atoms with Gasteiger partial charge in [0.1, 0.15) is 5.82 Å². The highest BCUT2D eigenvalue weighted by atomic mass is 32.2. The van der Waals surface area contributed by atoms with E-state index in [0.717, 1.165) is 31.5 Å². The van der Waals surface area contributed by atoms with Crippen molar-refractivity contribution in [2.24, 2.45) is 7.05 Å². The summed E-state index contributed by atoms with van der Waals surface area (Å²) in [5.41, 5.74) is 0.797. The predicted molar refractivity (Wildman–Crippen MR) is 71.0 cm³/mol. The first-order valence-corrected chi connectivity index (χ1v) is 7.86. The van der Waals surface area contributed by atoms with Crippen molar-refractivity contribution in [1.29, 1.82) is 0 Å². The topological polar surface area (TPSA) is 76.0 Å². The van der Waals surface area contributed by atoms with Crippen molar-refractivity contribution in [3.05, 3.63) is 11.8 Å². The number of hydrogen-bond acceptors (Lipinski definition) is 4. The lowest BCUT2D eigenvalue weighted by atomic mass is 10.1. The minimum Gasteiger partial charge on any atom is -0.313 e. The number of nitrogens with zero attached hydrogens (tertiary/aromatic N) is 2. The Hall–Kier alpha value is -1.08.